The van der Waals surface area contributed by atoms with Crippen LogP contribution in [0.15, 0.2) is 0 Å². The van der Waals surface area contributed by atoms with Gasteiger partial charge in [0.1, 0.15) is 0 Å². The Balaban J connectivity index is 3.94. The van der Waals surface area contributed by atoms with Crippen LogP contribution in [0.1, 0.15) is 13.8 Å². The van der Waals surface area contributed by atoms with Crippen molar-refractivity contribution in [2.75, 3.05) is 34.0 Å². The number of hydrogen-bond donors (Lipinski definition) is 1. The number of phosphoric ester groups is 1. The predicted molar refractivity (Wildman–Crippen MR) is 50.1 cm³/mol. The molecule has 0 spiro atoms. The van der Waals surface area contributed by atoms with Crippen molar-refractivity contribution in [3.05, 3.63) is 0 Å². The number of nitrogens with zero attached hydrogens (tertiary/aromatic N) is 1. The number of quaternary nitrogens is 1. The molecule has 0 aliphatic rings. The summed E-state index contributed by atoms with van der Waals surface area (Å²) in [6, 6.07) is 0. The molecular formula is C7H19NO4P+. The fourth-order valence-electron chi connectivity index (χ4n) is 0.521. The molecule has 0 fully saturated rings. The lowest BCUT2D eigenvalue weighted by Crippen LogP contribution is -2.40. The van der Waals surface area contributed by atoms with E-state index >= 15 is 0 Å². The van der Waals surface area contributed by atoms with Crippen LogP contribution < -0.4 is 0 Å². The highest BCUT2D eigenvalue weighted by atomic mass is 31.2. The van der Waals surface area contributed by atoms with E-state index in [1.165, 1.54) is 0 Å². The van der Waals surface area contributed by atoms with Crippen molar-refractivity contribution in [1.29, 1.82) is 0 Å². The average molecular weight is 212 g/mol. The second-order valence-electron chi connectivity index (χ2n) is 3.40. The fourth-order valence-corrected chi connectivity index (χ4v) is 1.38. The van der Waals surface area contributed by atoms with Crippen molar-refractivity contribution in [2.45, 2.75) is 13.8 Å². The van der Waals surface area contributed by atoms with Crippen LogP contribution in [0.5, 0.6) is 0 Å². The monoisotopic (exact) mass is 212 g/mol. The van der Waals surface area contributed by atoms with Gasteiger partial charge in [-0.05, 0) is 13.8 Å². The van der Waals surface area contributed by atoms with E-state index in [1.807, 2.05) is 21.0 Å². The van der Waals surface area contributed by atoms with Gasteiger partial charge >= 0.3 is 7.82 Å². The minimum absolute atomic E-state index is 0.171. The second-order valence-corrected chi connectivity index (χ2v) is 4.85. The summed E-state index contributed by atoms with van der Waals surface area (Å²) in [4.78, 5) is 9.07. The van der Waals surface area contributed by atoms with Gasteiger partial charge in [-0.2, -0.15) is 0 Å². The lowest BCUT2D eigenvalue weighted by atomic mass is 10.6. The molecule has 0 saturated carbocycles. The quantitative estimate of drug-likeness (QED) is 0.408. The molecule has 13 heavy (non-hydrogen) atoms. The van der Waals surface area contributed by atoms with Crippen LogP contribution in [0.4, 0.5) is 0 Å². The lowest BCUT2D eigenvalue weighted by Gasteiger charge is -2.27. The highest BCUT2D eigenvalue weighted by Crippen LogP contribution is 2.43. The molecule has 0 radical (unpaired) electrons. The van der Waals surface area contributed by atoms with E-state index in [0.717, 1.165) is 6.54 Å². The normalized spacial score (nSPS) is 17.0. The first-order chi connectivity index (χ1) is 5.83. The van der Waals surface area contributed by atoms with Gasteiger partial charge in [0.25, 0.3) is 0 Å². The van der Waals surface area contributed by atoms with Gasteiger partial charge < -0.3 is 9.38 Å². The summed E-state index contributed by atoms with van der Waals surface area (Å²) in [6.07, 6.45) is 0. The summed E-state index contributed by atoms with van der Waals surface area (Å²) in [5.41, 5.74) is 0. The average Bonchev–Trinajstić information content (AvgIpc) is 2.02. The zero-order chi connectivity index (χ0) is 10.5. The van der Waals surface area contributed by atoms with Gasteiger partial charge in [-0.25, -0.2) is 9.09 Å². The number of hydrogen-bond acceptors (Lipinski definition) is 3. The third-order valence-electron chi connectivity index (χ3n) is 1.72. The number of rotatable bonds is 6. The van der Waals surface area contributed by atoms with E-state index in [1.54, 1.807) is 6.92 Å². The summed E-state index contributed by atoms with van der Waals surface area (Å²) in [6.45, 7) is 4.79. The van der Waals surface area contributed by atoms with Gasteiger partial charge in [0.2, 0.25) is 0 Å². The minimum Gasteiger partial charge on any atom is -0.306 e. The highest BCUT2D eigenvalue weighted by Gasteiger charge is 2.24. The maximum absolute atomic E-state index is 11.1. The largest absolute Gasteiger partial charge is 0.476 e. The van der Waals surface area contributed by atoms with Gasteiger partial charge in [-0.15, -0.1) is 0 Å². The Hall–Kier alpha value is 0.0700. The fraction of sp³-hybridized carbons (Fsp3) is 1.00. The van der Waals surface area contributed by atoms with Crippen LogP contribution in [0.25, 0.3) is 0 Å². The molecule has 0 aromatic carbocycles. The van der Waals surface area contributed by atoms with Crippen LogP contribution in [-0.2, 0) is 13.6 Å². The molecule has 0 bridgehead atoms. The Labute approximate surface area is 79.5 Å². The van der Waals surface area contributed by atoms with Gasteiger partial charge in [0.05, 0.1) is 27.2 Å². The van der Waals surface area contributed by atoms with Crippen molar-refractivity contribution in [2.24, 2.45) is 0 Å². The van der Waals surface area contributed by atoms with E-state index < -0.39 is 7.82 Å². The Morgan fingerprint density at radius 2 is 1.85 bits per heavy atom. The van der Waals surface area contributed by atoms with E-state index in [-0.39, 0.29) is 13.3 Å². The van der Waals surface area contributed by atoms with E-state index in [0.29, 0.717) is 4.48 Å². The first kappa shape index (κ1) is 13.1. The van der Waals surface area contributed by atoms with Crippen molar-refractivity contribution in [3.63, 3.8) is 0 Å². The molecule has 0 aliphatic heterocycles. The lowest BCUT2D eigenvalue weighted by molar-refractivity contribution is -0.904. The molecule has 1 unspecified atom stereocenters. The SMILES string of the molecule is CCOP(=O)(O)OC[N+](C)(C)CC. The molecule has 5 nitrogen and oxygen atoms in total. The Morgan fingerprint density at radius 1 is 1.31 bits per heavy atom. The zero-order valence-electron chi connectivity index (χ0n) is 8.69. The van der Waals surface area contributed by atoms with Crippen LogP contribution in [-0.4, -0.2) is 43.4 Å². The van der Waals surface area contributed by atoms with Crippen LogP contribution in [0, 0.1) is 0 Å². The van der Waals surface area contributed by atoms with Gasteiger partial charge in [0, 0.05) is 0 Å². The summed E-state index contributed by atoms with van der Waals surface area (Å²) in [7, 11) is -0.000425. The maximum atomic E-state index is 11.1. The Kier molecular flexibility index (Phi) is 5.10. The first-order valence-corrected chi connectivity index (χ1v) is 5.76. The van der Waals surface area contributed by atoms with Crippen molar-refractivity contribution in [3.8, 4) is 0 Å². The molecule has 0 aromatic heterocycles. The molecule has 1 atom stereocenters. The summed E-state index contributed by atoms with van der Waals surface area (Å²) >= 11 is 0. The van der Waals surface area contributed by atoms with Crippen LogP contribution >= 0.6 is 7.82 Å². The molecule has 0 rings (SSSR count). The highest BCUT2D eigenvalue weighted by molar-refractivity contribution is 7.47. The van der Waals surface area contributed by atoms with Crippen molar-refractivity contribution in [1.82, 2.24) is 0 Å². The molecule has 0 heterocycles. The van der Waals surface area contributed by atoms with Gasteiger partial charge in [-0.1, -0.05) is 0 Å². The second kappa shape index (κ2) is 5.08. The predicted octanol–water partition coefficient (Wildman–Crippen LogP) is 1.19. The molecule has 0 saturated heterocycles. The summed E-state index contributed by atoms with van der Waals surface area (Å²) in [5.74, 6) is 0. The van der Waals surface area contributed by atoms with E-state index in [4.69, 9.17) is 9.42 Å². The van der Waals surface area contributed by atoms with Crippen molar-refractivity contribution < 1.29 is 23.0 Å². The zero-order valence-corrected chi connectivity index (χ0v) is 9.58. The summed E-state index contributed by atoms with van der Waals surface area (Å²) < 4.78 is 20.9. The third-order valence-corrected chi connectivity index (χ3v) is 2.74. The maximum Gasteiger partial charge on any atom is 0.476 e. The molecule has 1 N–H and O–H groups in total. The smallest absolute Gasteiger partial charge is 0.306 e. The number of phosphoric acid groups is 1. The van der Waals surface area contributed by atoms with Crippen molar-refractivity contribution >= 4 is 7.82 Å². The van der Waals surface area contributed by atoms with E-state index in [9.17, 15) is 4.57 Å². The molecule has 0 aromatic rings. The standard InChI is InChI=1S/C7H18NO4P/c1-5-8(3,4)7-12-13(9,10)11-6-2/h5-7H2,1-4H3/p+1. The van der Waals surface area contributed by atoms with Crippen LogP contribution in [0.3, 0.4) is 0 Å². The Morgan fingerprint density at radius 3 is 2.23 bits per heavy atom. The van der Waals surface area contributed by atoms with Crippen LogP contribution in [0.2, 0.25) is 0 Å². The topological polar surface area (TPSA) is 55.8 Å². The summed E-state index contributed by atoms with van der Waals surface area (Å²) in [5, 5.41) is 0. The molecular weight excluding hydrogens is 193 g/mol. The molecule has 0 aliphatic carbocycles. The Bertz CT molecular complexity index is 195. The van der Waals surface area contributed by atoms with Gasteiger partial charge in [-0.3, -0.25) is 4.52 Å². The minimum atomic E-state index is -3.82. The van der Waals surface area contributed by atoms with Gasteiger partial charge in [0.15, 0.2) is 6.73 Å². The molecule has 0 amide bonds. The van der Waals surface area contributed by atoms with E-state index in [2.05, 4.69) is 4.52 Å². The third kappa shape index (κ3) is 6.18. The molecule has 80 valence electrons. The molecule has 6 heteroatoms. The first-order valence-electron chi connectivity index (χ1n) is 4.27.